The van der Waals surface area contributed by atoms with Gasteiger partial charge in [-0.1, -0.05) is 48.5 Å². The van der Waals surface area contributed by atoms with Gasteiger partial charge in [0.15, 0.2) is 0 Å². The molecule has 3 rings (SSSR count). The van der Waals surface area contributed by atoms with E-state index in [2.05, 4.69) is 10.3 Å². The Morgan fingerprint density at radius 2 is 1.81 bits per heavy atom. The van der Waals surface area contributed by atoms with Crippen LogP contribution in [-0.4, -0.2) is 24.2 Å². The Labute approximate surface area is 156 Å². The Bertz CT molecular complexity index is 984. The molecule has 136 valence electrons. The van der Waals surface area contributed by atoms with Gasteiger partial charge >= 0.3 is 12.1 Å². The second-order valence-corrected chi connectivity index (χ2v) is 5.70. The smallest absolute Gasteiger partial charge is 0.412 e. The van der Waals surface area contributed by atoms with Crippen LogP contribution in [0.5, 0.6) is 0 Å². The van der Waals surface area contributed by atoms with Crippen molar-refractivity contribution in [1.29, 1.82) is 0 Å². The fourth-order valence-corrected chi connectivity index (χ4v) is 2.46. The van der Waals surface area contributed by atoms with Crippen LogP contribution in [0.4, 0.5) is 4.79 Å². The first-order valence-corrected chi connectivity index (χ1v) is 8.28. The molecule has 0 bridgehead atoms. The summed E-state index contributed by atoms with van der Waals surface area (Å²) in [7, 11) is 1.24. The molecule has 0 saturated carbocycles. The van der Waals surface area contributed by atoms with E-state index < -0.39 is 12.1 Å². The highest BCUT2D eigenvalue weighted by atomic mass is 16.6. The van der Waals surface area contributed by atoms with E-state index in [1.54, 1.807) is 6.20 Å². The van der Waals surface area contributed by atoms with Gasteiger partial charge in [0.25, 0.3) is 0 Å². The van der Waals surface area contributed by atoms with Gasteiger partial charge in [-0.2, -0.15) is 0 Å². The van der Waals surface area contributed by atoms with Crippen molar-refractivity contribution < 1.29 is 19.1 Å². The lowest BCUT2D eigenvalue weighted by Crippen LogP contribution is -2.28. The van der Waals surface area contributed by atoms with Crippen molar-refractivity contribution in [3.8, 4) is 0 Å². The number of benzene rings is 2. The summed E-state index contributed by atoms with van der Waals surface area (Å²) in [6.45, 7) is 0.0959. The van der Waals surface area contributed by atoms with E-state index in [9.17, 15) is 9.59 Å². The van der Waals surface area contributed by atoms with Gasteiger partial charge in [-0.05, 0) is 29.3 Å². The maximum Gasteiger partial charge on any atom is 0.412 e. The number of aromatic nitrogens is 1. The molecule has 0 saturated heterocycles. The number of carbonyl (C=O) groups excluding carboxylic acids is 2. The van der Waals surface area contributed by atoms with E-state index in [1.165, 1.54) is 13.2 Å². The number of alkyl carbamates (subject to hydrolysis) is 1. The number of para-hydroxylation sites is 1. The minimum atomic E-state index is -0.746. The van der Waals surface area contributed by atoms with E-state index in [1.807, 2.05) is 60.7 Å². The molecule has 1 amide bonds. The summed E-state index contributed by atoms with van der Waals surface area (Å²) in [4.78, 5) is 28.4. The van der Waals surface area contributed by atoms with Gasteiger partial charge in [0, 0.05) is 11.6 Å². The largest absolute Gasteiger partial charge is 0.464 e. The lowest BCUT2D eigenvalue weighted by Gasteiger charge is -2.09. The number of rotatable bonds is 5. The summed E-state index contributed by atoms with van der Waals surface area (Å²) >= 11 is 0. The van der Waals surface area contributed by atoms with Gasteiger partial charge in [-0.25, -0.2) is 9.59 Å². The number of hydrogen-bond donors (Lipinski definition) is 1. The first-order chi connectivity index (χ1) is 13.2. The van der Waals surface area contributed by atoms with Gasteiger partial charge in [0.1, 0.15) is 12.3 Å². The van der Waals surface area contributed by atoms with Crippen molar-refractivity contribution in [2.75, 3.05) is 7.11 Å². The zero-order chi connectivity index (χ0) is 19.1. The number of esters is 1. The Morgan fingerprint density at radius 1 is 1.07 bits per heavy atom. The SMILES string of the molecule is COC(=O)/C(=C/c1cnc2ccccc2c1)NC(=O)OCc1ccccc1. The highest BCUT2D eigenvalue weighted by Gasteiger charge is 2.15. The van der Waals surface area contributed by atoms with E-state index in [-0.39, 0.29) is 12.3 Å². The van der Waals surface area contributed by atoms with Crippen LogP contribution >= 0.6 is 0 Å². The molecule has 1 aromatic heterocycles. The quantitative estimate of drug-likeness (QED) is 0.553. The summed E-state index contributed by atoms with van der Waals surface area (Å²) in [5.41, 5.74) is 2.30. The molecule has 0 atom stereocenters. The lowest BCUT2D eigenvalue weighted by molar-refractivity contribution is -0.136. The second-order valence-electron chi connectivity index (χ2n) is 5.70. The van der Waals surface area contributed by atoms with Crippen molar-refractivity contribution in [3.05, 3.63) is 83.7 Å². The molecule has 3 aromatic rings. The first-order valence-electron chi connectivity index (χ1n) is 8.28. The van der Waals surface area contributed by atoms with Crippen molar-refractivity contribution in [2.24, 2.45) is 0 Å². The average molecular weight is 362 g/mol. The number of methoxy groups -OCH3 is 1. The fraction of sp³-hybridized carbons (Fsp3) is 0.0952. The molecule has 6 heteroatoms. The Balaban J connectivity index is 1.75. The van der Waals surface area contributed by atoms with Crippen molar-refractivity contribution in [3.63, 3.8) is 0 Å². The van der Waals surface area contributed by atoms with Gasteiger partial charge in [0.2, 0.25) is 0 Å². The minimum absolute atomic E-state index is 0.0346. The van der Waals surface area contributed by atoms with Crippen molar-refractivity contribution in [2.45, 2.75) is 6.61 Å². The molecular formula is C21H18N2O4. The maximum atomic E-state index is 12.1. The average Bonchev–Trinajstić information content (AvgIpc) is 2.72. The minimum Gasteiger partial charge on any atom is -0.464 e. The summed E-state index contributed by atoms with van der Waals surface area (Å²) in [5, 5.41) is 3.35. The molecule has 0 aliphatic heterocycles. The summed E-state index contributed by atoms with van der Waals surface area (Å²) in [5.74, 6) is -0.681. The second kappa shape index (κ2) is 8.62. The van der Waals surface area contributed by atoms with Gasteiger partial charge < -0.3 is 9.47 Å². The van der Waals surface area contributed by atoms with E-state index in [4.69, 9.17) is 9.47 Å². The molecular weight excluding hydrogens is 344 g/mol. The van der Waals surface area contributed by atoms with Crippen molar-refractivity contribution in [1.82, 2.24) is 10.3 Å². The predicted octanol–water partition coefficient (Wildman–Crippen LogP) is 3.68. The molecule has 0 spiro atoms. The van der Waals surface area contributed by atoms with Crippen LogP contribution in [0.15, 0.2) is 72.6 Å². The number of ether oxygens (including phenoxy) is 2. The standard InChI is InChI=1S/C21H18N2O4/c1-26-20(24)19(23-21(25)27-14-15-7-3-2-4-8-15)12-16-11-17-9-5-6-10-18(17)22-13-16/h2-13H,14H2,1H3,(H,23,25)/b19-12-. The molecule has 2 aromatic carbocycles. The highest BCUT2D eigenvalue weighted by molar-refractivity contribution is 5.97. The fourth-order valence-electron chi connectivity index (χ4n) is 2.46. The zero-order valence-corrected chi connectivity index (χ0v) is 14.7. The number of pyridine rings is 1. The third kappa shape index (κ3) is 4.92. The zero-order valence-electron chi connectivity index (χ0n) is 14.7. The molecule has 1 N–H and O–H groups in total. The number of nitrogens with zero attached hydrogens (tertiary/aromatic N) is 1. The predicted molar refractivity (Wildman–Crippen MR) is 101 cm³/mol. The third-order valence-corrected chi connectivity index (χ3v) is 3.78. The maximum absolute atomic E-state index is 12.1. The number of hydrogen-bond acceptors (Lipinski definition) is 5. The topological polar surface area (TPSA) is 77.5 Å². The third-order valence-electron chi connectivity index (χ3n) is 3.78. The summed E-state index contributed by atoms with van der Waals surface area (Å²) < 4.78 is 9.88. The van der Waals surface area contributed by atoms with Crippen LogP contribution in [-0.2, 0) is 20.9 Å². The Morgan fingerprint density at radius 3 is 2.59 bits per heavy atom. The molecule has 1 heterocycles. The van der Waals surface area contributed by atoms with Gasteiger partial charge in [-0.15, -0.1) is 0 Å². The molecule has 0 unspecified atom stereocenters. The molecule has 0 aliphatic rings. The number of nitrogens with one attached hydrogen (secondary N) is 1. The van der Waals surface area contributed by atoms with Gasteiger partial charge in [-0.3, -0.25) is 10.3 Å². The monoisotopic (exact) mass is 362 g/mol. The van der Waals surface area contributed by atoms with Crippen LogP contribution in [0.1, 0.15) is 11.1 Å². The first kappa shape index (κ1) is 18.1. The molecule has 6 nitrogen and oxygen atoms in total. The Hall–Kier alpha value is -3.67. The van der Waals surface area contributed by atoms with E-state index in [0.717, 1.165) is 16.5 Å². The van der Waals surface area contributed by atoms with Crippen LogP contribution in [0.25, 0.3) is 17.0 Å². The highest BCUT2D eigenvalue weighted by Crippen LogP contribution is 2.15. The molecule has 0 aliphatic carbocycles. The van der Waals surface area contributed by atoms with Crippen molar-refractivity contribution >= 4 is 29.0 Å². The lowest BCUT2D eigenvalue weighted by atomic mass is 10.1. The summed E-state index contributed by atoms with van der Waals surface area (Å²) in [6, 6.07) is 18.7. The molecule has 27 heavy (non-hydrogen) atoms. The van der Waals surface area contributed by atoms with Crippen LogP contribution < -0.4 is 5.32 Å². The summed E-state index contributed by atoms with van der Waals surface area (Å²) in [6.07, 6.45) is 2.36. The number of carbonyl (C=O) groups is 2. The number of fused-ring (bicyclic) bond motifs is 1. The van der Waals surface area contributed by atoms with Crippen LogP contribution in [0.3, 0.4) is 0 Å². The normalized spacial score (nSPS) is 11.1. The Kier molecular flexibility index (Phi) is 5.79. The van der Waals surface area contributed by atoms with Gasteiger partial charge in [0.05, 0.1) is 12.6 Å². The molecule has 0 radical (unpaired) electrons. The molecule has 0 fully saturated rings. The van der Waals surface area contributed by atoms with Crippen LogP contribution in [0, 0.1) is 0 Å². The number of amides is 1. The van der Waals surface area contributed by atoms with E-state index >= 15 is 0 Å². The van der Waals surface area contributed by atoms with Crippen LogP contribution in [0.2, 0.25) is 0 Å². The van der Waals surface area contributed by atoms with E-state index in [0.29, 0.717) is 5.56 Å².